The number of hydrogen-bond donors (Lipinski definition) is 2. The molecule has 1 aromatic carbocycles. The van der Waals surface area contributed by atoms with Crippen LogP contribution in [0, 0.1) is 0 Å². The third-order valence-corrected chi connectivity index (χ3v) is 6.14. The first kappa shape index (κ1) is 14.4. The van der Waals surface area contributed by atoms with Crippen LogP contribution in [0.15, 0.2) is 18.2 Å². The van der Waals surface area contributed by atoms with Crippen LogP contribution in [0.1, 0.15) is 35.7 Å². The Hall–Kier alpha value is -1.56. The monoisotopic (exact) mass is 308 g/mol. The molecule has 2 aliphatic rings. The predicted molar refractivity (Wildman–Crippen MR) is 82.4 cm³/mol. The zero-order chi connectivity index (χ0) is 15.1. The summed E-state index contributed by atoms with van der Waals surface area (Å²) in [6, 6.07) is 5.70. The van der Waals surface area contributed by atoms with Gasteiger partial charge in [0.25, 0.3) is 5.91 Å². The number of hydrogen-bond acceptors (Lipinski definition) is 4. The number of para-hydroxylation sites is 1. The van der Waals surface area contributed by atoms with Gasteiger partial charge in [0, 0.05) is 6.54 Å². The van der Waals surface area contributed by atoms with Gasteiger partial charge in [0.15, 0.2) is 9.84 Å². The van der Waals surface area contributed by atoms with E-state index in [0.29, 0.717) is 12.0 Å². The van der Waals surface area contributed by atoms with E-state index in [1.165, 1.54) is 0 Å². The summed E-state index contributed by atoms with van der Waals surface area (Å²) >= 11 is 0. The number of sulfone groups is 1. The minimum Gasteiger partial charge on any atom is -0.384 e. The Morgan fingerprint density at radius 3 is 2.90 bits per heavy atom. The van der Waals surface area contributed by atoms with Crippen LogP contribution in [0.25, 0.3) is 0 Å². The standard InChI is InChI=1S/C15H20N2O3S/c1-15(7-9-21(19,20)10-15)17-14(18)12-6-2-4-11-5-3-8-16-13(11)12/h2,4,6,16H,3,5,7-10H2,1H3,(H,17,18). The van der Waals surface area contributed by atoms with Crippen molar-refractivity contribution in [2.24, 2.45) is 0 Å². The quantitative estimate of drug-likeness (QED) is 0.865. The SMILES string of the molecule is CC1(NC(=O)c2cccc3c2NCCC3)CCS(=O)(=O)C1. The first-order valence-electron chi connectivity index (χ1n) is 7.27. The minimum absolute atomic E-state index is 0.0220. The lowest BCUT2D eigenvalue weighted by Crippen LogP contribution is -2.47. The van der Waals surface area contributed by atoms with Crippen LogP contribution in [-0.4, -0.2) is 37.9 Å². The fourth-order valence-corrected chi connectivity index (χ4v) is 5.24. The lowest BCUT2D eigenvalue weighted by molar-refractivity contribution is 0.0916. The fourth-order valence-electron chi connectivity index (χ4n) is 3.15. The Kier molecular flexibility index (Phi) is 3.43. The number of amides is 1. The van der Waals surface area contributed by atoms with Crippen molar-refractivity contribution in [2.75, 3.05) is 23.4 Å². The Morgan fingerprint density at radius 1 is 1.38 bits per heavy atom. The van der Waals surface area contributed by atoms with Gasteiger partial charge < -0.3 is 10.6 Å². The van der Waals surface area contributed by atoms with Gasteiger partial charge in [-0.15, -0.1) is 0 Å². The molecule has 6 heteroatoms. The Bertz CT molecular complexity index is 684. The molecule has 1 amide bonds. The Labute approximate surface area is 125 Å². The second-order valence-electron chi connectivity index (χ2n) is 6.23. The average Bonchev–Trinajstić information content (AvgIpc) is 2.71. The van der Waals surface area contributed by atoms with Crippen LogP contribution in [0.3, 0.4) is 0 Å². The number of benzene rings is 1. The molecule has 0 spiro atoms. The number of fused-ring (bicyclic) bond motifs is 1. The molecule has 2 heterocycles. The summed E-state index contributed by atoms with van der Waals surface area (Å²) < 4.78 is 23.3. The van der Waals surface area contributed by atoms with Crippen molar-refractivity contribution in [2.45, 2.75) is 31.7 Å². The van der Waals surface area contributed by atoms with Crippen LogP contribution < -0.4 is 10.6 Å². The highest BCUT2D eigenvalue weighted by atomic mass is 32.2. The van der Waals surface area contributed by atoms with Crippen molar-refractivity contribution in [3.05, 3.63) is 29.3 Å². The van der Waals surface area contributed by atoms with Gasteiger partial charge in [0.05, 0.1) is 28.3 Å². The molecule has 1 unspecified atom stereocenters. The van der Waals surface area contributed by atoms with Gasteiger partial charge in [-0.25, -0.2) is 8.42 Å². The fraction of sp³-hybridized carbons (Fsp3) is 0.533. The predicted octanol–water partition coefficient (Wildman–Crippen LogP) is 1.35. The topological polar surface area (TPSA) is 75.3 Å². The summed E-state index contributed by atoms with van der Waals surface area (Å²) in [5.74, 6) is -0.0239. The van der Waals surface area contributed by atoms with E-state index >= 15 is 0 Å². The number of aryl methyl sites for hydroxylation is 1. The van der Waals surface area contributed by atoms with E-state index in [9.17, 15) is 13.2 Å². The molecule has 114 valence electrons. The molecule has 0 aromatic heterocycles. The van der Waals surface area contributed by atoms with Crippen LogP contribution in [0.2, 0.25) is 0 Å². The van der Waals surface area contributed by atoms with E-state index in [0.717, 1.165) is 30.6 Å². The summed E-state index contributed by atoms with van der Waals surface area (Å²) in [6.07, 6.45) is 2.51. The van der Waals surface area contributed by atoms with Crippen LogP contribution >= 0.6 is 0 Å². The summed E-state index contributed by atoms with van der Waals surface area (Å²) in [5.41, 5.74) is 1.99. The van der Waals surface area contributed by atoms with Crippen LogP contribution in [-0.2, 0) is 16.3 Å². The van der Waals surface area contributed by atoms with E-state index in [1.54, 1.807) is 13.0 Å². The summed E-state index contributed by atoms with van der Waals surface area (Å²) in [7, 11) is -3.03. The van der Waals surface area contributed by atoms with Crippen molar-refractivity contribution in [3.63, 3.8) is 0 Å². The molecule has 2 aliphatic heterocycles. The van der Waals surface area contributed by atoms with Crippen LogP contribution in [0.5, 0.6) is 0 Å². The van der Waals surface area contributed by atoms with Gasteiger partial charge in [-0.2, -0.15) is 0 Å². The third kappa shape index (κ3) is 2.90. The van der Waals surface area contributed by atoms with E-state index in [1.807, 2.05) is 12.1 Å². The van der Waals surface area contributed by atoms with Gasteiger partial charge in [-0.1, -0.05) is 12.1 Å². The number of rotatable bonds is 2. The molecule has 0 bridgehead atoms. The lowest BCUT2D eigenvalue weighted by Gasteiger charge is -2.26. The Balaban J connectivity index is 1.84. The van der Waals surface area contributed by atoms with Crippen molar-refractivity contribution in [3.8, 4) is 0 Å². The molecule has 1 saturated heterocycles. The van der Waals surface area contributed by atoms with Crippen molar-refractivity contribution in [1.29, 1.82) is 0 Å². The first-order valence-corrected chi connectivity index (χ1v) is 9.09. The highest BCUT2D eigenvalue weighted by Crippen LogP contribution is 2.28. The Morgan fingerprint density at radius 2 is 2.19 bits per heavy atom. The van der Waals surface area contributed by atoms with E-state index in [4.69, 9.17) is 0 Å². The molecular formula is C15H20N2O3S. The molecule has 1 aromatic rings. The average molecular weight is 308 g/mol. The zero-order valence-electron chi connectivity index (χ0n) is 12.1. The molecule has 3 rings (SSSR count). The number of nitrogens with one attached hydrogen (secondary N) is 2. The largest absolute Gasteiger partial charge is 0.384 e. The van der Waals surface area contributed by atoms with E-state index < -0.39 is 15.4 Å². The van der Waals surface area contributed by atoms with Crippen molar-refractivity contribution < 1.29 is 13.2 Å². The molecule has 0 aliphatic carbocycles. The van der Waals surface area contributed by atoms with E-state index in [2.05, 4.69) is 10.6 Å². The summed E-state index contributed by atoms with van der Waals surface area (Å²) in [6.45, 7) is 2.67. The van der Waals surface area contributed by atoms with Gasteiger partial charge in [-0.05, 0) is 37.8 Å². The first-order chi connectivity index (χ1) is 9.89. The summed E-state index contributed by atoms with van der Waals surface area (Å²) in [5, 5.41) is 6.21. The van der Waals surface area contributed by atoms with Gasteiger partial charge in [0.1, 0.15) is 0 Å². The van der Waals surface area contributed by atoms with Crippen molar-refractivity contribution in [1.82, 2.24) is 5.32 Å². The third-order valence-electron chi connectivity index (χ3n) is 4.24. The molecule has 1 atom stereocenters. The van der Waals surface area contributed by atoms with Gasteiger partial charge in [-0.3, -0.25) is 4.79 Å². The molecule has 21 heavy (non-hydrogen) atoms. The number of anilines is 1. The molecule has 2 N–H and O–H groups in total. The smallest absolute Gasteiger partial charge is 0.253 e. The van der Waals surface area contributed by atoms with Gasteiger partial charge >= 0.3 is 0 Å². The maximum atomic E-state index is 12.5. The zero-order valence-corrected chi connectivity index (χ0v) is 12.9. The number of carbonyl (C=O) groups excluding carboxylic acids is 1. The maximum Gasteiger partial charge on any atom is 0.253 e. The molecule has 0 saturated carbocycles. The normalized spacial score (nSPS) is 26.7. The molecule has 1 fully saturated rings. The molecule has 5 nitrogen and oxygen atoms in total. The van der Waals surface area contributed by atoms with Gasteiger partial charge in [0.2, 0.25) is 0 Å². The minimum atomic E-state index is -3.03. The highest BCUT2D eigenvalue weighted by Gasteiger charge is 2.39. The molecule has 0 radical (unpaired) electrons. The highest BCUT2D eigenvalue weighted by molar-refractivity contribution is 7.91. The van der Waals surface area contributed by atoms with E-state index in [-0.39, 0.29) is 17.4 Å². The number of carbonyl (C=O) groups is 1. The lowest BCUT2D eigenvalue weighted by atomic mass is 9.97. The maximum absolute atomic E-state index is 12.5. The molecular weight excluding hydrogens is 288 g/mol. The second kappa shape index (κ2) is 5.02. The van der Waals surface area contributed by atoms with Crippen molar-refractivity contribution >= 4 is 21.4 Å². The summed E-state index contributed by atoms with van der Waals surface area (Å²) in [4.78, 5) is 12.5. The second-order valence-corrected chi connectivity index (χ2v) is 8.41. The van der Waals surface area contributed by atoms with Crippen LogP contribution in [0.4, 0.5) is 5.69 Å².